The third kappa shape index (κ3) is 9.25. The zero-order valence-corrected chi connectivity index (χ0v) is 12.1. The fourth-order valence-corrected chi connectivity index (χ4v) is 1.67. The van der Waals surface area contributed by atoms with Gasteiger partial charge in [0, 0.05) is 13.5 Å². The van der Waals surface area contributed by atoms with E-state index in [0.717, 1.165) is 6.42 Å². The standard InChI is InChI=1S/C14H25NO4/c1-5-8-18-9-7-11(3)10-13(15-12(4)16)14(17)19-6-2/h5,11,13H,1,6-10H2,2-4H3,(H,15,16). The van der Waals surface area contributed by atoms with Crippen LogP contribution in [0, 0.1) is 5.92 Å². The topological polar surface area (TPSA) is 64.6 Å². The lowest BCUT2D eigenvalue weighted by atomic mass is 9.99. The molecule has 0 fully saturated rings. The molecule has 5 heteroatoms. The quantitative estimate of drug-likeness (QED) is 0.373. The van der Waals surface area contributed by atoms with Gasteiger partial charge < -0.3 is 14.8 Å². The zero-order valence-electron chi connectivity index (χ0n) is 12.1. The van der Waals surface area contributed by atoms with Gasteiger partial charge in [0.1, 0.15) is 6.04 Å². The Morgan fingerprint density at radius 3 is 2.63 bits per heavy atom. The molecule has 0 rings (SSSR count). The Morgan fingerprint density at radius 1 is 1.42 bits per heavy atom. The van der Waals surface area contributed by atoms with Gasteiger partial charge in [0.25, 0.3) is 0 Å². The highest BCUT2D eigenvalue weighted by Crippen LogP contribution is 2.12. The summed E-state index contributed by atoms with van der Waals surface area (Å²) in [5.74, 6) is -0.351. The van der Waals surface area contributed by atoms with Crippen molar-refractivity contribution in [3.8, 4) is 0 Å². The van der Waals surface area contributed by atoms with Gasteiger partial charge in [-0.2, -0.15) is 0 Å². The molecule has 0 aromatic carbocycles. The monoisotopic (exact) mass is 271 g/mol. The molecular weight excluding hydrogens is 246 g/mol. The molecule has 0 aliphatic rings. The van der Waals surface area contributed by atoms with Gasteiger partial charge in [-0.3, -0.25) is 4.79 Å². The third-order valence-corrected chi connectivity index (χ3v) is 2.58. The molecule has 0 aliphatic heterocycles. The van der Waals surface area contributed by atoms with Crippen molar-refractivity contribution >= 4 is 11.9 Å². The van der Waals surface area contributed by atoms with Crippen molar-refractivity contribution < 1.29 is 19.1 Å². The number of rotatable bonds is 10. The second-order valence-corrected chi connectivity index (χ2v) is 4.50. The molecule has 0 aliphatic carbocycles. The van der Waals surface area contributed by atoms with E-state index in [9.17, 15) is 9.59 Å². The van der Waals surface area contributed by atoms with Crippen LogP contribution in [0.25, 0.3) is 0 Å². The molecule has 2 atom stereocenters. The summed E-state index contributed by atoms with van der Waals surface area (Å²) in [7, 11) is 0. The Balaban J connectivity index is 4.17. The molecule has 1 amide bonds. The second-order valence-electron chi connectivity index (χ2n) is 4.50. The fourth-order valence-electron chi connectivity index (χ4n) is 1.67. The van der Waals surface area contributed by atoms with E-state index >= 15 is 0 Å². The van der Waals surface area contributed by atoms with E-state index in [2.05, 4.69) is 11.9 Å². The number of ether oxygens (including phenoxy) is 2. The minimum absolute atomic E-state index is 0.229. The van der Waals surface area contributed by atoms with E-state index in [4.69, 9.17) is 9.47 Å². The van der Waals surface area contributed by atoms with Gasteiger partial charge >= 0.3 is 5.97 Å². The van der Waals surface area contributed by atoms with Crippen LogP contribution in [0.15, 0.2) is 12.7 Å². The van der Waals surface area contributed by atoms with E-state index < -0.39 is 6.04 Å². The van der Waals surface area contributed by atoms with Crippen molar-refractivity contribution in [1.82, 2.24) is 5.32 Å². The molecule has 0 saturated heterocycles. The minimum atomic E-state index is -0.577. The van der Waals surface area contributed by atoms with Crippen LogP contribution in [0.3, 0.4) is 0 Å². The maximum Gasteiger partial charge on any atom is 0.328 e. The first-order chi connectivity index (χ1) is 9.01. The Morgan fingerprint density at radius 2 is 2.11 bits per heavy atom. The van der Waals surface area contributed by atoms with Gasteiger partial charge in [0.15, 0.2) is 0 Å². The van der Waals surface area contributed by atoms with Crippen LogP contribution in [-0.4, -0.2) is 37.7 Å². The highest BCUT2D eigenvalue weighted by molar-refractivity contribution is 5.83. The summed E-state index contributed by atoms with van der Waals surface area (Å²) in [6, 6.07) is -0.577. The van der Waals surface area contributed by atoms with E-state index in [1.54, 1.807) is 13.0 Å². The van der Waals surface area contributed by atoms with Crippen LogP contribution in [0.2, 0.25) is 0 Å². The van der Waals surface area contributed by atoms with Gasteiger partial charge in [-0.25, -0.2) is 4.79 Å². The third-order valence-electron chi connectivity index (χ3n) is 2.58. The van der Waals surface area contributed by atoms with Crippen molar-refractivity contribution in [2.75, 3.05) is 19.8 Å². The average molecular weight is 271 g/mol. The molecule has 110 valence electrons. The largest absolute Gasteiger partial charge is 0.464 e. The normalized spacial score (nSPS) is 13.4. The Bertz CT molecular complexity index is 291. The minimum Gasteiger partial charge on any atom is -0.464 e. The fraction of sp³-hybridized carbons (Fsp3) is 0.714. The molecule has 0 aromatic heterocycles. The molecule has 0 saturated carbocycles. The second kappa shape index (κ2) is 10.6. The molecule has 0 spiro atoms. The number of carbonyl (C=O) groups excluding carboxylic acids is 2. The van der Waals surface area contributed by atoms with E-state index in [-0.39, 0.29) is 17.8 Å². The molecule has 5 nitrogen and oxygen atoms in total. The lowest BCUT2D eigenvalue weighted by Gasteiger charge is -2.20. The van der Waals surface area contributed by atoms with Crippen LogP contribution in [0.5, 0.6) is 0 Å². The van der Waals surface area contributed by atoms with Crippen molar-refractivity contribution in [2.45, 2.75) is 39.7 Å². The average Bonchev–Trinajstić information content (AvgIpc) is 2.33. The SMILES string of the molecule is C=CCOCCC(C)CC(NC(C)=O)C(=O)OCC. The zero-order chi connectivity index (χ0) is 14.7. The molecular formula is C14H25NO4. The van der Waals surface area contributed by atoms with E-state index in [1.165, 1.54) is 6.92 Å². The molecule has 1 N–H and O–H groups in total. The summed E-state index contributed by atoms with van der Waals surface area (Å²) in [5, 5.41) is 2.63. The number of nitrogens with one attached hydrogen (secondary N) is 1. The summed E-state index contributed by atoms with van der Waals surface area (Å²) in [4.78, 5) is 22.8. The highest BCUT2D eigenvalue weighted by atomic mass is 16.5. The van der Waals surface area contributed by atoms with Crippen LogP contribution in [0.1, 0.15) is 33.6 Å². The lowest BCUT2D eigenvalue weighted by Crippen LogP contribution is -2.42. The maximum absolute atomic E-state index is 11.7. The number of hydrogen-bond acceptors (Lipinski definition) is 4. The molecule has 0 aromatic rings. The van der Waals surface area contributed by atoms with Gasteiger partial charge in [-0.15, -0.1) is 6.58 Å². The Hall–Kier alpha value is -1.36. The molecule has 2 unspecified atom stereocenters. The molecule has 19 heavy (non-hydrogen) atoms. The van der Waals surface area contributed by atoms with Crippen molar-refractivity contribution in [2.24, 2.45) is 5.92 Å². The van der Waals surface area contributed by atoms with Crippen molar-refractivity contribution in [1.29, 1.82) is 0 Å². The first kappa shape index (κ1) is 17.6. The van der Waals surface area contributed by atoms with Crippen LogP contribution < -0.4 is 5.32 Å². The van der Waals surface area contributed by atoms with Gasteiger partial charge in [-0.05, 0) is 25.7 Å². The van der Waals surface area contributed by atoms with E-state index in [0.29, 0.717) is 26.2 Å². The van der Waals surface area contributed by atoms with Crippen molar-refractivity contribution in [3.05, 3.63) is 12.7 Å². The summed E-state index contributed by atoms with van der Waals surface area (Å²) >= 11 is 0. The molecule has 0 heterocycles. The summed E-state index contributed by atoms with van der Waals surface area (Å²) in [6.07, 6.45) is 3.07. The summed E-state index contributed by atoms with van der Waals surface area (Å²) in [6.45, 7) is 10.2. The highest BCUT2D eigenvalue weighted by Gasteiger charge is 2.22. The lowest BCUT2D eigenvalue weighted by molar-refractivity contribution is -0.147. The summed E-state index contributed by atoms with van der Waals surface area (Å²) in [5.41, 5.74) is 0. The number of esters is 1. The molecule has 0 bridgehead atoms. The molecule has 0 radical (unpaired) electrons. The number of amides is 1. The van der Waals surface area contributed by atoms with E-state index in [1.807, 2.05) is 6.92 Å². The Labute approximate surface area is 115 Å². The first-order valence-electron chi connectivity index (χ1n) is 6.63. The number of carbonyl (C=O) groups is 2. The smallest absolute Gasteiger partial charge is 0.328 e. The summed E-state index contributed by atoms with van der Waals surface area (Å²) < 4.78 is 10.3. The van der Waals surface area contributed by atoms with Crippen LogP contribution >= 0.6 is 0 Å². The maximum atomic E-state index is 11.7. The predicted octanol–water partition coefficient (Wildman–Crippen LogP) is 1.67. The van der Waals surface area contributed by atoms with Crippen molar-refractivity contribution in [3.63, 3.8) is 0 Å². The predicted molar refractivity (Wildman–Crippen MR) is 73.7 cm³/mol. The van der Waals surface area contributed by atoms with Crippen LogP contribution in [-0.2, 0) is 19.1 Å². The number of hydrogen-bond donors (Lipinski definition) is 1. The van der Waals surface area contributed by atoms with Gasteiger partial charge in [0.2, 0.25) is 5.91 Å². The first-order valence-corrected chi connectivity index (χ1v) is 6.63. The van der Waals surface area contributed by atoms with Gasteiger partial charge in [0.05, 0.1) is 13.2 Å². The van der Waals surface area contributed by atoms with Crippen LogP contribution in [0.4, 0.5) is 0 Å². The van der Waals surface area contributed by atoms with Gasteiger partial charge in [-0.1, -0.05) is 13.0 Å². The Kier molecular flexibility index (Phi) is 9.80.